The van der Waals surface area contributed by atoms with Gasteiger partial charge in [0.25, 0.3) is 0 Å². The highest BCUT2D eigenvalue weighted by Gasteiger charge is 2.43. The van der Waals surface area contributed by atoms with Gasteiger partial charge in [0.05, 0.1) is 24.5 Å². The van der Waals surface area contributed by atoms with Crippen LogP contribution in [-0.4, -0.2) is 64.4 Å². The summed E-state index contributed by atoms with van der Waals surface area (Å²) in [5.41, 5.74) is 2.60. The summed E-state index contributed by atoms with van der Waals surface area (Å²) in [4.78, 5) is 29.1. The second-order valence-corrected chi connectivity index (χ2v) is 11.1. The van der Waals surface area contributed by atoms with Crippen molar-refractivity contribution in [2.45, 2.75) is 64.0 Å². The van der Waals surface area contributed by atoms with Crippen molar-refractivity contribution in [1.82, 2.24) is 45.1 Å². The lowest BCUT2D eigenvalue weighted by Gasteiger charge is -2.48. The number of hydrogen-bond donors (Lipinski definition) is 3. The van der Waals surface area contributed by atoms with Crippen LogP contribution in [0.5, 0.6) is 0 Å². The number of piperazine rings is 1. The molecule has 3 N–H and O–H groups in total. The van der Waals surface area contributed by atoms with E-state index in [-0.39, 0.29) is 23.4 Å². The number of aromatic nitrogens is 7. The highest BCUT2D eigenvalue weighted by Crippen LogP contribution is 2.40. The van der Waals surface area contributed by atoms with E-state index in [1.165, 1.54) is 10.9 Å². The van der Waals surface area contributed by atoms with E-state index >= 15 is 0 Å². The van der Waals surface area contributed by atoms with E-state index in [2.05, 4.69) is 42.7 Å². The van der Waals surface area contributed by atoms with E-state index < -0.39 is 5.82 Å². The van der Waals surface area contributed by atoms with Crippen molar-refractivity contribution in [1.29, 1.82) is 0 Å². The fourth-order valence-electron chi connectivity index (χ4n) is 5.86. The maximum atomic E-state index is 13.3. The molecular weight excluding hydrogens is 511 g/mol. The first-order valence-electron chi connectivity index (χ1n) is 13.6. The molecule has 0 radical (unpaired) electrons. The summed E-state index contributed by atoms with van der Waals surface area (Å²) in [6.45, 7) is 7.13. The van der Waals surface area contributed by atoms with Gasteiger partial charge in [0.15, 0.2) is 17.5 Å². The van der Waals surface area contributed by atoms with Gasteiger partial charge in [-0.3, -0.25) is 14.8 Å². The van der Waals surface area contributed by atoms with Crippen LogP contribution in [0.3, 0.4) is 0 Å². The Kier molecular flexibility index (Phi) is 6.78. The predicted octanol–water partition coefficient (Wildman–Crippen LogP) is 3.87. The summed E-state index contributed by atoms with van der Waals surface area (Å²) < 4.78 is 14.7. The molecule has 1 saturated heterocycles. The van der Waals surface area contributed by atoms with Crippen LogP contribution in [0, 0.1) is 19.7 Å². The molecule has 1 aliphatic carbocycles. The molecule has 4 aromatic heterocycles. The normalized spacial score (nSPS) is 22.3. The third kappa shape index (κ3) is 5.44. The predicted molar refractivity (Wildman–Crippen MR) is 147 cm³/mol. The zero-order valence-corrected chi connectivity index (χ0v) is 22.9. The van der Waals surface area contributed by atoms with Crippen LogP contribution < -0.4 is 10.6 Å². The smallest absolute Gasteiger partial charge is 0.234 e. The number of nitrogens with one attached hydrogen (secondary N) is 3. The van der Waals surface area contributed by atoms with Gasteiger partial charge in [0.2, 0.25) is 5.91 Å². The van der Waals surface area contributed by atoms with Crippen LogP contribution in [-0.2, 0) is 4.79 Å². The van der Waals surface area contributed by atoms with Gasteiger partial charge in [0, 0.05) is 48.2 Å². The fourth-order valence-corrected chi connectivity index (χ4v) is 5.86. The largest absolute Gasteiger partial charge is 0.348 e. The maximum Gasteiger partial charge on any atom is 0.234 e. The molecule has 2 fully saturated rings. The van der Waals surface area contributed by atoms with Crippen molar-refractivity contribution in [3.63, 3.8) is 0 Å². The van der Waals surface area contributed by atoms with Gasteiger partial charge in [-0.1, -0.05) is 6.07 Å². The molecule has 208 valence electrons. The Morgan fingerprint density at radius 2 is 1.95 bits per heavy atom. The third-order valence-electron chi connectivity index (χ3n) is 7.99. The van der Waals surface area contributed by atoms with E-state index in [4.69, 9.17) is 9.97 Å². The van der Waals surface area contributed by atoms with Crippen molar-refractivity contribution < 1.29 is 9.18 Å². The maximum absolute atomic E-state index is 13.3. The number of carbonyl (C=O) groups is 1. The highest BCUT2D eigenvalue weighted by atomic mass is 19.1. The average molecular weight is 545 g/mol. The summed E-state index contributed by atoms with van der Waals surface area (Å²) in [6, 6.07) is 7.64. The second-order valence-electron chi connectivity index (χ2n) is 11.1. The quantitative estimate of drug-likeness (QED) is 0.334. The first-order chi connectivity index (χ1) is 19.2. The summed E-state index contributed by atoms with van der Waals surface area (Å²) in [5.74, 6) is 2.69. The molecule has 0 aromatic carbocycles. The Hall–Kier alpha value is -4.19. The number of pyridine rings is 1. The lowest BCUT2D eigenvalue weighted by atomic mass is 9.74. The van der Waals surface area contributed by atoms with Crippen LogP contribution in [0.25, 0.3) is 5.82 Å². The third-order valence-corrected chi connectivity index (χ3v) is 7.99. The summed E-state index contributed by atoms with van der Waals surface area (Å²) in [7, 11) is 0. The van der Waals surface area contributed by atoms with Crippen molar-refractivity contribution in [2.75, 3.05) is 18.4 Å². The molecule has 1 saturated carbocycles. The molecule has 2 aliphatic rings. The standard InChI is InChI=1S/C28H33FN10O/c1-17-10-23(33-24-11-18(2)36-37-24)34-27(32-17)20-6-8-28(9-7-20)16-38(15-26(40)35-28)19(3)21-4-5-25(30-12-21)39-14-22(29)13-31-39/h4-5,10-14,19-20H,6-9,15-16H2,1-3H3,(H,35,40)(H2,32,33,34,36,37)/t19-,20?,28?/m0/s1. The van der Waals surface area contributed by atoms with Crippen molar-refractivity contribution >= 4 is 17.5 Å². The van der Waals surface area contributed by atoms with E-state index in [1.807, 2.05) is 38.1 Å². The van der Waals surface area contributed by atoms with Crippen molar-refractivity contribution in [3.05, 3.63) is 71.4 Å². The minimum Gasteiger partial charge on any atom is -0.348 e. The Balaban J connectivity index is 1.12. The van der Waals surface area contributed by atoms with E-state index in [1.54, 1.807) is 6.20 Å². The van der Waals surface area contributed by atoms with Crippen LogP contribution >= 0.6 is 0 Å². The Morgan fingerprint density at radius 1 is 1.12 bits per heavy atom. The molecule has 1 aliphatic heterocycles. The first-order valence-corrected chi connectivity index (χ1v) is 13.6. The summed E-state index contributed by atoms with van der Waals surface area (Å²) in [6.07, 6.45) is 7.72. The number of aryl methyl sites for hydroxylation is 2. The number of rotatable bonds is 6. The van der Waals surface area contributed by atoms with Crippen LogP contribution in [0.2, 0.25) is 0 Å². The Labute approximate surface area is 231 Å². The zero-order valence-electron chi connectivity index (χ0n) is 22.9. The highest BCUT2D eigenvalue weighted by molar-refractivity contribution is 5.80. The number of carbonyl (C=O) groups excluding carboxylic acids is 1. The molecule has 0 bridgehead atoms. The lowest BCUT2D eigenvalue weighted by Crippen LogP contribution is -2.64. The molecular formula is C28H33FN10O. The molecule has 0 unspecified atom stereocenters. The Morgan fingerprint density at radius 3 is 2.62 bits per heavy atom. The lowest BCUT2D eigenvalue weighted by molar-refractivity contribution is -0.130. The number of halogens is 1. The summed E-state index contributed by atoms with van der Waals surface area (Å²) >= 11 is 0. The monoisotopic (exact) mass is 544 g/mol. The number of hydrogen-bond acceptors (Lipinski definition) is 8. The molecule has 4 aromatic rings. The van der Waals surface area contributed by atoms with Gasteiger partial charge in [-0.15, -0.1) is 0 Å². The van der Waals surface area contributed by atoms with Crippen LogP contribution in [0.4, 0.5) is 16.0 Å². The minimum atomic E-state index is -0.409. The molecule has 12 heteroatoms. The fraction of sp³-hybridized carbons (Fsp3) is 0.429. The molecule has 1 atom stereocenters. The van der Waals surface area contributed by atoms with Crippen molar-refractivity contribution in [2.24, 2.45) is 0 Å². The van der Waals surface area contributed by atoms with Gasteiger partial charge in [-0.2, -0.15) is 10.2 Å². The topological polar surface area (TPSA) is 130 Å². The van der Waals surface area contributed by atoms with E-state index in [0.717, 1.165) is 72.8 Å². The minimum absolute atomic E-state index is 0.00373. The molecule has 1 amide bonds. The number of nitrogens with zero attached hydrogens (tertiary/aromatic N) is 7. The number of H-pyrrole nitrogens is 1. The number of amides is 1. The zero-order chi connectivity index (χ0) is 27.9. The average Bonchev–Trinajstić information content (AvgIpc) is 3.55. The van der Waals surface area contributed by atoms with E-state index in [9.17, 15) is 9.18 Å². The van der Waals surface area contributed by atoms with Crippen molar-refractivity contribution in [3.8, 4) is 5.82 Å². The molecule has 6 rings (SSSR count). The Bertz CT molecular complexity index is 1510. The van der Waals surface area contributed by atoms with Crippen LogP contribution in [0.15, 0.2) is 42.9 Å². The van der Waals surface area contributed by atoms with E-state index in [0.29, 0.717) is 12.4 Å². The molecule has 5 heterocycles. The second kappa shape index (κ2) is 10.4. The van der Waals surface area contributed by atoms with Gasteiger partial charge >= 0.3 is 0 Å². The van der Waals surface area contributed by atoms with Crippen LogP contribution in [0.1, 0.15) is 67.3 Å². The van der Waals surface area contributed by atoms with Gasteiger partial charge in [0.1, 0.15) is 11.6 Å². The van der Waals surface area contributed by atoms with Gasteiger partial charge in [-0.05, 0) is 58.1 Å². The number of aromatic amines is 1. The molecule has 40 heavy (non-hydrogen) atoms. The van der Waals surface area contributed by atoms with Gasteiger partial charge < -0.3 is 10.6 Å². The SMILES string of the molecule is Cc1cc(Nc2cc(C)[nH]n2)nc(C2CCC3(CC2)CN([C@@H](C)c2ccc(-n4cc(F)cn4)nc2)CC(=O)N3)n1. The molecule has 11 nitrogen and oxygen atoms in total. The first kappa shape index (κ1) is 26.1. The number of anilines is 2. The summed E-state index contributed by atoms with van der Waals surface area (Å²) in [5, 5.41) is 17.8. The molecule has 1 spiro atoms. The van der Waals surface area contributed by atoms with Gasteiger partial charge in [-0.25, -0.2) is 24.0 Å².